The molecule has 0 saturated carbocycles. The van der Waals surface area contributed by atoms with E-state index in [2.05, 4.69) is 169 Å². The van der Waals surface area contributed by atoms with E-state index in [-0.39, 0.29) is 0 Å². The summed E-state index contributed by atoms with van der Waals surface area (Å²) in [6.07, 6.45) is 1.76. The summed E-state index contributed by atoms with van der Waals surface area (Å²) in [6, 6.07) is 69.6. The molecule has 0 atom stereocenters. The minimum absolute atomic E-state index is 0.624. The largest absolute Gasteiger partial charge is 0.310 e. The molecule has 0 radical (unpaired) electrons. The van der Waals surface area contributed by atoms with Crippen molar-refractivity contribution in [3.63, 3.8) is 0 Å². The topological polar surface area (TPSA) is 37.4 Å². The van der Waals surface area contributed by atoms with Crippen molar-refractivity contribution in [1.82, 2.24) is 0 Å². The lowest BCUT2D eigenvalue weighted by Gasteiger charge is -2.34. The van der Waals surface area contributed by atoms with Gasteiger partial charge in [-0.2, -0.15) is 0 Å². The Labute approximate surface area is 329 Å². The van der Waals surface area contributed by atoms with Gasteiger partial charge in [-0.3, -0.25) is 9.59 Å². The average Bonchev–Trinajstić information content (AvgIpc) is 3.58. The van der Waals surface area contributed by atoms with Gasteiger partial charge in [0.05, 0.1) is 5.41 Å². The van der Waals surface area contributed by atoms with E-state index in [1.54, 1.807) is 0 Å². The first-order chi connectivity index (χ1) is 27.7. The first kappa shape index (κ1) is 35.9. The number of hydrogen-bond acceptors (Lipinski definition) is 3. The Morgan fingerprint density at radius 1 is 0.375 bits per heavy atom. The Bertz CT molecular complexity index is 2460. The van der Waals surface area contributed by atoms with Crippen molar-refractivity contribution in [3.8, 4) is 33.4 Å². The lowest BCUT2D eigenvalue weighted by molar-refractivity contribution is 0.111. The Morgan fingerprint density at radius 3 is 1.23 bits per heavy atom. The predicted molar refractivity (Wildman–Crippen MR) is 231 cm³/mol. The number of nitrogens with zero attached hydrogens (tertiary/aromatic N) is 1. The van der Waals surface area contributed by atoms with E-state index in [0.29, 0.717) is 11.1 Å². The van der Waals surface area contributed by atoms with Crippen LogP contribution in [0.2, 0.25) is 0 Å². The third-order valence-corrected chi connectivity index (χ3v) is 10.7. The lowest BCUT2D eigenvalue weighted by atomic mass is 9.67. The van der Waals surface area contributed by atoms with Gasteiger partial charge in [0.1, 0.15) is 12.6 Å². The van der Waals surface area contributed by atoms with Gasteiger partial charge in [0.2, 0.25) is 0 Å². The summed E-state index contributed by atoms with van der Waals surface area (Å²) < 4.78 is 0. The Balaban J connectivity index is 0.00000217. The fourth-order valence-corrected chi connectivity index (χ4v) is 8.14. The summed E-state index contributed by atoms with van der Waals surface area (Å²) >= 11 is 0. The number of hydrogen-bond donors (Lipinski definition) is 0. The number of benzene rings is 8. The molecule has 0 unspecified atom stereocenters. The van der Waals surface area contributed by atoms with Crippen LogP contribution in [-0.2, 0) is 5.41 Å². The normalized spacial score (nSPS) is 12.0. The van der Waals surface area contributed by atoms with Gasteiger partial charge >= 0.3 is 0 Å². The molecule has 1 aliphatic carbocycles. The van der Waals surface area contributed by atoms with Crippen molar-refractivity contribution in [2.24, 2.45) is 0 Å². The number of fused-ring (bicyclic) bond motifs is 3. The molecule has 8 aromatic carbocycles. The molecule has 9 rings (SSSR count). The van der Waals surface area contributed by atoms with E-state index in [0.717, 1.165) is 74.1 Å². The molecule has 0 bridgehead atoms. The summed E-state index contributed by atoms with van der Waals surface area (Å²) in [7, 11) is 0. The maximum absolute atomic E-state index is 11.7. The summed E-state index contributed by atoms with van der Waals surface area (Å²) in [5, 5.41) is 0. The maximum Gasteiger partial charge on any atom is 0.150 e. The molecule has 0 spiro atoms. The van der Waals surface area contributed by atoms with Gasteiger partial charge in [0.15, 0.2) is 0 Å². The van der Waals surface area contributed by atoms with Crippen molar-refractivity contribution in [2.75, 3.05) is 4.90 Å². The standard InChI is InChI=1S/C51H35NO2.C2H6/c53-34-36-15-23-42(24-16-36)51(43-25-17-37(35-54)18-26-43)49-14-8-7-13-47(49)48-33-46(31-32-50(48)51)52(44-27-19-40(20-28-44)38-9-3-1-4-10-38)45-29-21-41(22-30-45)39-11-5-2-6-12-39;1-2/h1-35H;1-2H3. The average molecular weight is 724 g/mol. The van der Waals surface area contributed by atoms with Crippen molar-refractivity contribution in [1.29, 1.82) is 0 Å². The van der Waals surface area contributed by atoms with Gasteiger partial charge < -0.3 is 4.90 Å². The van der Waals surface area contributed by atoms with Crippen LogP contribution in [0.3, 0.4) is 0 Å². The summed E-state index contributed by atoms with van der Waals surface area (Å²) in [5.41, 5.74) is 15.1. The summed E-state index contributed by atoms with van der Waals surface area (Å²) in [5.74, 6) is 0. The predicted octanol–water partition coefficient (Wildman–Crippen LogP) is 13.5. The lowest BCUT2D eigenvalue weighted by Crippen LogP contribution is -2.28. The van der Waals surface area contributed by atoms with Gasteiger partial charge in [0.25, 0.3) is 0 Å². The van der Waals surface area contributed by atoms with Gasteiger partial charge in [-0.15, -0.1) is 0 Å². The van der Waals surface area contributed by atoms with Gasteiger partial charge in [0, 0.05) is 28.2 Å². The van der Waals surface area contributed by atoms with Crippen LogP contribution >= 0.6 is 0 Å². The van der Waals surface area contributed by atoms with Crippen LogP contribution in [0, 0.1) is 0 Å². The third kappa shape index (κ3) is 6.33. The van der Waals surface area contributed by atoms with Gasteiger partial charge in [-0.05, 0) is 92.0 Å². The number of anilines is 3. The van der Waals surface area contributed by atoms with E-state index >= 15 is 0 Å². The highest BCUT2D eigenvalue weighted by Gasteiger charge is 2.46. The zero-order valence-corrected chi connectivity index (χ0v) is 31.5. The fourth-order valence-electron chi connectivity index (χ4n) is 8.14. The number of rotatable bonds is 9. The van der Waals surface area contributed by atoms with E-state index < -0.39 is 5.41 Å². The molecule has 0 aliphatic heterocycles. The SMILES string of the molecule is CC.O=Cc1ccc(C2(c3ccc(C=O)cc3)c3ccccc3-c3cc(N(c4ccc(-c5ccccc5)cc4)c4ccc(-c5ccccc5)cc4)ccc32)cc1. The molecule has 8 aromatic rings. The maximum atomic E-state index is 11.7. The molecule has 270 valence electrons. The van der Waals surface area contributed by atoms with E-state index in [1.807, 2.05) is 50.2 Å². The fraction of sp³-hybridized carbons (Fsp3) is 0.0566. The zero-order chi connectivity index (χ0) is 38.5. The Kier molecular flexibility index (Phi) is 10.1. The molecule has 0 saturated heterocycles. The molecule has 56 heavy (non-hydrogen) atoms. The molecule has 0 aromatic heterocycles. The summed E-state index contributed by atoms with van der Waals surface area (Å²) in [6.45, 7) is 4.00. The van der Waals surface area contributed by atoms with Crippen molar-refractivity contribution >= 4 is 29.6 Å². The second-order valence-electron chi connectivity index (χ2n) is 13.7. The highest BCUT2D eigenvalue weighted by atomic mass is 16.1. The van der Waals surface area contributed by atoms with Crippen LogP contribution < -0.4 is 4.90 Å². The van der Waals surface area contributed by atoms with E-state index in [4.69, 9.17) is 0 Å². The molecule has 0 amide bonds. The highest BCUT2D eigenvalue weighted by Crippen LogP contribution is 2.57. The first-order valence-electron chi connectivity index (χ1n) is 19.1. The van der Waals surface area contributed by atoms with Crippen molar-refractivity contribution < 1.29 is 9.59 Å². The van der Waals surface area contributed by atoms with Crippen LogP contribution in [0.4, 0.5) is 17.1 Å². The van der Waals surface area contributed by atoms with Crippen LogP contribution in [-0.4, -0.2) is 12.6 Å². The molecule has 0 N–H and O–H groups in total. The minimum Gasteiger partial charge on any atom is -0.310 e. The summed E-state index contributed by atoms with van der Waals surface area (Å²) in [4.78, 5) is 25.8. The molecular weight excluding hydrogens is 683 g/mol. The number of aldehydes is 2. The van der Waals surface area contributed by atoms with E-state index in [9.17, 15) is 9.59 Å². The van der Waals surface area contributed by atoms with Gasteiger partial charge in [-0.1, -0.05) is 178 Å². The zero-order valence-electron chi connectivity index (χ0n) is 31.5. The molecule has 3 nitrogen and oxygen atoms in total. The second kappa shape index (κ2) is 15.7. The number of carbonyl (C=O) groups is 2. The van der Waals surface area contributed by atoms with Crippen LogP contribution in [0.5, 0.6) is 0 Å². The molecule has 3 heteroatoms. The van der Waals surface area contributed by atoms with Crippen molar-refractivity contribution in [3.05, 3.63) is 234 Å². The van der Waals surface area contributed by atoms with Gasteiger partial charge in [-0.25, -0.2) is 0 Å². The minimum atomic E-state index is -0.674. The quantitative estimate of drug-likeness (QED) is 0.139. The molecular formula is C53H41NO2. The first-order valence-corrected chi connectivity index (χ1v) is 19.1. The van der Waals surface area contributed by atoms with Crippen molar-refractivity contribution in [2.45, 2.75) is 19.3 Å². The second-order valence-corrected chi connectivity index (χ2v) is 13.7. The Hall–Kier alpha value is -7.10. The van der Waals surface area contributed by atoms with Crippen LogP contribution in [0.15, 0.2) is 200 Å². The third-order valence-electron chi connectivity index (χ3n) is 10.7. The highest BCUT2D eigenvalue weighted by molar-refractivity contribution is 5.91. The van der Waals surface area contributed by atoms with Crippen LogP contribution in [0.25, 0.3) is 33.4 Å². The number of carbonyl (C=O) groups excluding carboxylic acids is 2. The van der Waals surface area contributed by atoms with E-state index in [1.165, 1.54) is 11.1 Å². The smallest absolute Gasteiger partial charge is 0.150 e. The monoisotopic (exact) mass is 723 g/mol. The molecule has 0 fully saturated rings. The Morgan fingerprint density at radius 2 is 0.768 bits per heavy atom. The molecule has 1 aliphatic rings. The molecule has 0 heterocycles. The van der Waals surface area contributed by atoms with Crippen LogP contribution in [0.1, 0.15) is 56.8 Å².